The highest BCUT2D eigenvalue weighted by Gasteiger charge is 2.22. The largest absolute Gasteiger partial charge is 0.312 e. The average molecular weight is 375 g/mol. The molecule has 2 aromatic carbocycles. The van der Waals surface area contributed by atoms with Gasteiger partial charge >= 0.3 is 0 Å². The van der Waals surface area contributed by atoms with E-state index in [0.717, 1.165) is 12.5 Å². The molecule has 0 saturated carbocycles. The molecule has 0 unspecified atom stereocenters. The van der Waals surface area contributed by atoms with Gasteiger partial charge in [-0.15, -0.1) is 0 Å². The number of hydrogen-bond donors (Lipinski definition) is 1. The lowest BCUT2D eigenvalue weighted by Gasteiger charge is -2.16. The Hall–Kier alpha value is -2.94. The first kappa shape index (κ1) is 17.9. The van der Waals surface area contributed by atoms with Crippen molar-refractivity contribution >= 4 is 33.0 Å². The van der Waals surface area contributed by atoms with Crippen molar-refractivity contribution in [1.29, 1.82) is 0 Å². The van der Waals surface area contributed by atoms with Crippen LogP contribution in [-0.2, 0) is 14.8 Å². The van der Waals surface area contributed by atoms with Crippen molar-refractivity contribution in [3.8, 4) is 0 Å². The number of nitro groups is 1. The summed E-state index contributed by atoms with van der Waals surface area (Å²) in [5, 5.41) is 11.0. The van der Waals surface area contributed by atoms with Crippen molar-refractivity contribution in [2.45, 2.75) is 24.7 Å². The third kappa shape index (κ3) is 3.52. The summed E-state index contributed by atoms with van der Waals surface area (Å²) in [7, 11) is -3.96. The number of hydrogen-bond acceptors (Lipinski definition) is 5. The molecule has 1 aliphatic heterocycles. The Balaban J connectivity index is 1.82. The van der Waals surface area contributed by atoms with Crippen LogP contribution < -0.4 is 9.62 Å². The molecule has 8 nitrogen and oxygen atoms in total. The molecule has 1 N–H and O–H groups in total. The van der Waals surface area contributed by atoms with Gasteiger partial charge in [0.05, 0.1) is 9.82 Å². The highest BCUT2D eigenvalue weighted by atomic mass is 32.2. The summed E-state index contributed by atoms with van der Waals surface area (Å²) in [5.74, 6) is 0.0466. The van der Waals surface area contributed by atoms with Crippen LogP contribution in [0.25, 0.3) is 0 Å². The fourth-order valence-electron chi connectivity index (χ4n) is 2.80. The van der Waals surface area contributed by atoms with Crippen LogP contribution in [-0.4, -0.2) is 25.8 Å². The lowest BCUT2D eigenvalue weighted by Crippen LogP contribution is -2.23. The zero-order valence-corrected chi connectivity index (χ0v) is 14.8. The average Bonchev–Trinajstić information content (AvgIpc) is 3.01. The number of aryl methyl sites for hydroxylation is 1. The van der Waals surface area contributed by atoms with Crippen LogP contribution >= 0.6 is 0 Å². The lowest BCUT2D eigenvalue weighted by molar-refractivity contribution is -0.385. The molecular weight excluding hydrogens is 358 g/mol. The Morgan fingerprint density at radius 2 is 1.85 bits per heavy atom. The second-order valence-corrected chi connectivity index (χ2v) is 7.69. The first-order valence-corrected chi connectivity index (χ1v) is 9.44. The molecule has 1 fully saturated rings. The fourth-order valence-corrected chi connectivity index (χ4v) is 3.88. The van der Waals surface area contributed by atoms with Crippen LogP contribution in [0.5, 0.6) is 0 Å². The summed E-state index contributed by atoms with van der Waals surface area (Å²) < 4.78 is 27.4. The van der Waals surface area contributed by atoms with Crippen molar-refractivity contribution < 1.29 is 18.1 Å². The van der Waals surface area contributed by atoms with E-state index in [1.807, 2.05) is 0 Å². The van der Waals surface area contributed by atoms with Gasteiger partial charge in [0.15, 0.2) is 0 Å². The maximum Gasteiger partial charge on any atom is 0.273 e. The minimum absolute atomic E-state index is 0.0466. The van der Waals surface area contributed by atoms with Gasteiger partial charge in [-0.3, -0.25) is 19.6 Å². The number of nitrogens with zero attached hydrogens (tertiary/aromatic N) is 2. The number of benzene rings is 2. The molecule has 26 heavy (non-hydrogen) atoms. The number of nitro benzene ring substituents is 1. The molecule has 3 rings (SSSR count). The number of carbonyl (C=O) groups is 1. The molecule has 0 bridgehead atoms. The van der Waals surface area contributed by atoms with Crippen molar-refractivity contribution in [1.82, 2.24) is 0 Å². The van der Waals surface area contributed by atoms with Crippen molar-refractivity contribution in [2.24, 2.45) is 0 Å². The van der Waals surface area contributed by atoms with E-state index >= 15 is 0 Å². The molecule has 0 atom stereocenters. The van der Waals surface area contributed by atoms with E-state index in [1.165, 1.54) is 12.1 Å². The van der Waals surface area contributed by atoms with Gasteiger partial charge < -0.3 is 4.90 Å². The van der Waals surface area contributed by atoms with E-state index in [0.29, 0.717) is 29.9 Å². The molecule has 0 aromatic heterocycles. The number of anilines is 2. The molecule has 1 amide bonds. The molecular formula is C17H17N3O5S. The van der Waals surface area contributed by atoms with Gasteiger partial charge in [-0.25, -0.2) is 8.42 Å². The molecule has 0 aliphatic carbocycles. The monoisotopic (exact) mass is 375 g/mol. The van der Waals surface area contributed by atoms with Crippen LogP contribution in [0.2, 0.25) is 0 Å². The Bertz CT molecular complexity index is 970. The molecule has 136 valence electrons. The molecule has 1 aliphatic rings. The summed E-state index contributed by atoms with van der Waals surface area (Å²) in [5.41, 5.74) is 1.15. The molecule has 0 radical (unpaired) electrons. The minimum Gasteiger partial charge on any atom is -0.312 e. The number of sulfonamides is 1. The smallest absolute Gasteiger partial charge is 0.273 e. The summed E-state index contributed by atoms with van der Waals surface area (Å²) in [6.45, 7) is 2.19. The summed E-state index contributed by atoms with van der Waals surface area (Å²) >= 11 is 0. The second-order valence-electron chi connectivity index (χ2n) is 6.01. The molecule has 1 saturated heterocycles. The normalized spacial score (nSPS) is 14.5. The predicted molar refractivity (Wildman–Crippen MR) is 96.7 cm³/mol. The van der Waals surface area contributed by atoms with Crippen LogP contribution in [0.1, 0.15) is 18.4 Å². The Morgan fingerprint density at radius 1 is 1.15 bits per heavy atom. The topological polar surface area (TPSA) is 110 Å². The van der Waals surface area contributed by atoms with E-state index < -0.39 is 14.9 Å². The van der Waals surface area contributed by atoms with Crippen molar-refractivity contribution in [3.05, 3.63) is 58.1 Å². The van der Waals surface area contributed by atoms with Gasteiger partial charge in [0.25, 0.3) is 15.7 Å². The number of rotatable bonds is 5. The van der Waals surface area contributed by atoms with Crippen LogP contribution in [0, 0.1) is 17.0 Å². The quantitative estimate of drug-likeness (QED) is 0.638. The predicted octanol–water partition coefficient (Wildman–Crippen LogP) is 2.83. The van der Waals surface area contributed by atoms with E-state index in [4.69, 9.17) is 0 Å². The zero-order valence-electron chi connectivity index (χ0n) is 14.0. The molecule has 9 heteroatoms. The third-order valence-electron chi connectivity index (χ3n) is 4.19. The van der Waals surface area contributed by atoms with Crippen molar-refractivity contribution in [2.75, 3.05) is 16.2 Å². The highest BCUT2D eigenvalue weighted by molar-refractivity contribution is 7.92. The van der Waals surface area contributed by atoms with E-state index in [-0.39, 0.29) is 16.5 Å². The van der Waals surface area contributed by atoms with Crippen LogP contribution in [0.4, 0.5) is 17.1 Å². The Morgan fingerprint density at radius 3 is 2.42 bits per heavy atom. The third-order valence-corrected chi connectivity index (χ3v) is 5.57. The first-order valence-electron chi connectivity index (χ1n) is 7.96. The van der Waals surface area contributed by atoms with E-state index in [9.17, 15) is 23.3 Å². The van der Waals surface area contributed by atoms with Crippen molar-refractivity contribution in [3.63, 3.8) is 0 Å². The number of nitrogens with one attached hydrogen (secondary N) is 1. The van der Waals surface area contributed by atoms with Crippen LogP contribution in [0.3, 0.4) is 0 Å². The highest BCUT2D eigenvalue weighted by Crippen LogP contribution is 2.26. The SMILES string of the molecule is Cc1ccc(S(=O)(=O)Nc2ccc(N3CCCC3=O)cc2)cc1[N+](=O)[O-]. The van der Waals surface area contributed by atoms with Gasteiger partial charge in [-0.05, 0) is 43.7 Å². The first-order chi connectivity index (χ1) is 12.3. The summed E-state index contributed by atoms with van der Waals surface area (Å²) in [6.07, 6.45) is 1.32. The van der Waals surface area contributed by atoms with Gasteiger partial charge in [0.2, 0.25) is 5.91 Å². The maximum absolute atomic E-state index is 12.5. The standard InChI is InChI=1S/C17H17N3O5S/c1-12-4-9-15(11-16(12)20(22)23)26(24,25)18-13-5-7-14(8-6-13)19-10-2-3-17(19)21/h4-9,11,18H,2-3,10H2,1H3. The van der Waals surface area contributed by atoms with Crippen LogP contribution in [0.15, 0.2) is 47.4 Å². The molecule has 1 heterocycles. The van der Waals surface area contributed by atoms with Gasteiger partial charge in [0.1, 0.15) is 0 Å². The van der Waals surface area contributed by atoms with Gasteiger partial charge in [0, 0.05) is 36.0 Å². The number of amides is 1. The maximum atomic E-state index is 12.5. The van der Waals surface area contributed by atoms with Gasteiger partial charge in [-0.2, -0.15) is 0 Å². The summed E-state index contributed by atoms with van der Waals surface area (Å²) in [6, 6.07) is 10.2. The molecule has 2 aromatic rings. The van der Waals surface area contributed by atoms with Gasteiger partial charge in [-0.1, -0.05) is 6.07 Å². The Kier molecular flexibility index (Phi) is 4.64. The van der Waals surface area contributed by atoms with E-state index in [2.05, 4.69) is 4.72 Å². The zero-order chi connectivity index (χ0) is 18.9. The summed E-state index contributed by atoms with van der Waals surface area (Å²) in [4.78, 5) is 23.6. The minimum atomic E-state index is -3.96. The van der Waals surface area contributed by atoms with E-state index in [1.54, 1.807) is 36.1 Å². The Labute approximate surface area is 150 Å². The number of carbonyl (C=O) groups excluding carboxylic acids is 1. The fraction of sp³-hybridized carbons (Fsp3) is 0.235. The second kappa shape index (κ2) is 6.75. The molecule has 0 spiro atoms. The lowest BCUT2D eigenvalue weighted by atomic mass is 10.2.